The smallest absolute Gasteiger partial charge is 0.343 e. The van der Waals surface area contributed by atoms with E-state index in [1.54, 1.807) is 0 Å². The molecule has 0 aliphatic carbocycles. The molecule has 2 aromatic rings. The van der Waals surface area contributed by atoms with Crippen LogP contribution in [0.2, 0.25) is 0 Å². The molecule has 0 bridgehead atoms. The maximum Gasteiger partial charge on any atom is 0.416 e. The lowest BCUT2D eigenvalue weighted by atomic mass is 10.0. The standard InChI is InChI=1S/C26H34F3N5O2/c27-26(28,29)19-8-4-9-20(16-19)32-25(36)23(12-11-18-6-2-1-3-7-18)33-24(35)22(31)13-15-34-14-5-10-21(34)17-30/h1-4,6-9,16,21-23H,5,10-15,17,30-31H2,(H,32,36)(H,33,35)/t21?,22-,23-/m0/s1. The van der Waals surface area contributed by atoms with Gasteiger partial charge in [-0.05, 0) is 62.4 Å². The lowest BCUT2D eigenvalue weighted by Crippen LogP contribution is -2.51. The summed E-state index contributed by atoms with van der Waals surface area (Å²) in [7, 11) is 0. The number of nitrogens with zero attached hydrogens (tertiary/aromatic N) is 1. The Kier molecular flexibility index (Phi) is 9.86. The van der Waals surface area contributed by atoms with Crippen LogP contribution in [0.15, 0.2) is 54.6 Å². The summed E-state index contributed by atoms with van der Waals surface area (Å²) in [6.45, 7) is 2.09. The molecule has 1 saturated heterocycles. The zero-order valence-corrected chi connectivity index (χ0v) is 20.1. The van der Waals surface area contributed by atoms with Crippen molar-refractivity contribution < 1.29 is 22.8 Å². The number of nitrogens with one attached hydrogen (secondary N) is 2. The first-order valence-corrected chi connectivity index (χ1v) is 12.2. The Morgan fingerprint density at radius 2 is 1.81 bits per heavy atom. The zero-order valence-electron chi connectivity index (χ0n) is 20.1. The Hall–Kier alpha value is -2.95. The normalized spacial score (nSPS) is 18.0. The fourth-order valence-corrected chi connectivity index (χ4v) is 4.40. The molecule has 0 spiro atoms. The van der Waals surface area contributed by atoms with Crippen LogP contribution in [0.3, 0.4) is 0 Å². The van der Waals surface area contributed by atoms with E-state index >= 15 is 0 Å². The topological polar surface area (TPSA) is 113 Å². The highest BCUT2D eigenvalue weighted by atomic mass is 19.4. The third-order valence-electron chi connectivity index (χ3n) is 6.49. The zero-order chi connectivity index (χ0) is 26.1. The number of hydrogen-bond acceptors (Lipinski definition) is 5. The average Bonchev–Trinajstić information content (AvgIpc) is 3.32. The molecular weight excluding hydrogens is 471 g/mol. The van der Waals surface area contributed by atoms with Gasteiger partial charge in [0.25, 0.3) is 0 Å². The van der Waals surface area contributed by atoms with E-state index in [1.807, 2.05) is 30.3 Å². The van der Waals surface area contributed by atoms with Crippen molar-refractivity contribution in [3.05, 3.63) is 65.7 Å². The molecule has 1 aliphatic rings. The first kappa shape index (κ1) is 27.6. The summed E-state index contributed by atoms with van der Waals surface area (Å²) in [6, 6.07) is 12.3. The van der Waals surface area contributed by atoms with E-state index in [-0.39, 0.29) is 18.2 Å². The molecule has 0 saturated carbocycles. The van der Waals surface area contributed by atoms with Gasteiger partial charge in [0.2, 0.25) is 11.8 Å². The second-order valence-corrected chi connectivity index (χ2v) is 9.12. The van der Waals surface area contributed by atoms with E-state index in [2.05, 4.69) is 15.5 Å². The number of amides is 2. The molecule has 1 aliphatic heterocycles. The lowest BCUT2D eigenvalue weighted by molar-refractivity contribution is -0.137. The molecule has 1 unspecified atom stereocenters. The predicted molar refractivity (Wildman–Crippen MR) is 133 cm³/mol. The highest BCUT2D eigenvalue weighted by Gasteiger charge is 2.31. The van der Waals surface area contributed by atoms with Crippen LogP contribution in [0.5, 0.6) is 0 Å². The summed E-state index contributed by atoms with van der Waals surface area (Å²) in [5.74, 6) is -1.08. The summed E-state index contributed by atoms with van der Waals surface area (Å²) in [6.07, 6.45) is -1.30. The van der Waals surface area contributed by atoms with E-state index in [4.69, 9.17) is 11.5 Å². The van der Waals surface area contributed by atoms with Gasteiger partial charge < -0.3 is 22.1 Å². The van der Waals surface area contributed by atoms with Crippen molar-refractivity contribution in [2.75, 3.05) is 25.0 Å². The Balaban J connectivity index is 1.65. The fraction of sp³-hybridized carbons (Fsp3) is 0.462. The van der Waals surface area contributed by atoms with Crippen LogP contribution in [0.4, 0.5) is 18.9 Å². The van der Waals surface area contributed by atoms with Crippen molar-refractivity contribution in [1.82, 2.24) is 10.2 Å². The van der Waals surface area contributed by atoms with Crippen LogP contribution < -0.4 is 22.1 Å². The first-order chi connectivity index (χ1) is 17.2. The van der Waals surface area contributed by atoms with Crippen LogP contribution in [-0.4, -0.2) is 54.5 Å². The summed E-state index contributed by atoms with van der Waals surface area (Å²) in [5.41, 5.74) is 12.0. The quantitative estimate of drug-likeness (QED) is 0.375. The van der Waals surface area contributed by atoms with E-state index < -0.39 is 35.6 Å². The van der Waals surface area contributed by atoms with E-state index in [1.165, 1.54) is 12.1 Å². The molecule has 3 rings (SSSR count). The number of alkyl halides is 3. The average molecular weight is 506 g/mol. The van der Waals surface area contributed by atoms with Crippen molar-refractivity contribution in [2.24, 2.45) is 11.5 Å². The van der Waals surface area contributed by atoms with Crippen LogP contribution in [-0.2, 0) is 22.2 Å². The Morgan fingerprint density at radius 3 is 2.50 bits per heavy atom. The fourth-order valence-electron chi connectivity index (χ4n) is 4.40. The molecular formula is C26H34F3N5O2. The van der Waals surface area contributed by atoms with Crippen molar-refractivity contribution >= 4 is 17.5 Å². The van der Waals surface area contributed by atoms with Crippen molar-refractivity contribution in [3.63, 3.8) is 0 Å². The predicted octanol–water partition coefficient (Wildman–Crippen LogP) is 2.90. The van der Waals surface area contributed by atoms with Crippen molar-refractivity contribution in [1.29, 1.82) is 0 Å². The minimum absolute atomic E-state index is 0.0000525. The van der Waals surface area contributed by atoms with Gasteiger partial charge in [-0.25, -0.2) is 0 Å². The molecule has 1 heterocycles. The second kappa shape index (κ2) is 12.8. The number of hydrogen-bond donors (Lipinski definition) is 4. The van der Waals surface area contributed by atoms with Crippen molar-refractivity contribution in [2.45, 2.75) is 56.4 Å². The summed E-state index contributed by atoms with van der Waals surface area (Å²) < 4.78 is 39.2. The number of rotatable bonds is 11. The SMILES string of the molecule is NCC1CCCN1CC[C@H](N)C(=O)N[C@@H](CCc1ccccc1)C(=O)Nc1cccc(C(F)(F)F)c1. The van der Waals surface area contributed by atoms with E-state index in [9.17, 15) is 22.8 Å². The molecule has 3 atom stereocenters. The van der Waals surface area contributed by atoms with Gasteiger partial charge in [-0.1, -0.05) is 36.4 Å². The number of halogens is 3. The lowest BCUT2D eigenvalue weighted by Gasteiger charge is -2.25. The minimum Gasteiger partial charge on any atom is -0.343 e. The number of likely N-dealkylation sites (tertiary alicyclic amines) is 1. The van der Waals surface area contributed by atoms with Crippen LogP contribution in [0, 0.1) is 0 Å². The minimum atomic E-state index is -4.54. The van der Waals surface area contributed by atoms with Crippen molar-refractivity contribution in [3.8, 4) is 0 Å². The summed E-state index contributed by atoms with van der Waals surface area (Å²) in [4.78, 5) is 28.1. The third kappa shape index (κ3) is 8.04. The van der Waals surface area contributed by atoms with Gasteiger partial charge in [-0.15, -0.1) is 0 Å². The van der Waals surface area contributed by atoms with E-state index in [0.29, 0.717) is 25.9 Å². The van der Waals surface area contributed by atoms with Gasteiger partial charge in [0.15, 0.2) is 0 Å². The number of aryl methyl sites for hydroxylation is 1. The number of carbonyl (C=O) groups is 2. The second-order valence-electron chi connectivity index (χ2n) is 9.12. The van der Waals surface area contributed by atoms with Gasteiger partial charge in [0.1, 0.15) is 6.04 Å². The molecule has 6 N–H and O–H groups in total. The first-order valence-electron chi connectivity index (χ1n) is 12.2. The summed E-state index contributed by atoms with van der Waals surface area (Å²) in [5, 5.41) is 5.22. The Labute approximate surface area is 209 Å². The number of nitrogens with two attached hydrogens (primary N) is 2. The van der Waals surface area contributed by atoms with E-state index in [0.717, 1.165) is 37.1 Å². The van der Waals surface area contributed by atoms with Gasteiger partial charge in [0, 0.05) is 24.8 Å². The Bertz CT molecular complexity index is 1000. The highest BCUT2D eigenvalue weighted by Crippen LogP contribution is 2.30. The Morgan fingerprint density at radius 1 is 1.06 bits per heavy atom. The maximum absolute atomic E-state index is 13.1. The largest absolute Gasteiger partial charge is 0.416 e. The third-order valence-corrected chi connectivity index (χ3v) is 6.49. The molecule has 2 aromatic carbocycles. The van der Waals surface area contributed by atoms with Gasteiger partial charge in [0.05, 0.1) is 11.6 Å². The highest BCUT2D eigenvalue weighted by molar-refractivity contribution is 5.97. The molecule has 36 heavy (non-hydrogen) atoms. The van der Waals surface area contributed by atoms with Gasteiger partial charge in [-0.2, -0.15) is 13.2 Å². The molecule has 7 nitrogen and oxygen atoms in total. The van der Waals surface area contributed by atoms with Gasteiger partial charge >= 0.3 is 6.18 Å². The maximum atomic E-state index is 13.1. The molecule has 1 fully saturated rings. The van der Waals surface area contributed by atoms with Gasteiger partial charge in [-0.3, -0.25) is 14.5 Å². The molecule has 0 aromatic heterocycles. The number of carbonyl (C=O) groups excluding carboxylic acids is 2. The molecule has 196 valence electrons. The molecule has 10 heteroatoms. The van der Waals surface area contributed by atoms with Crippen LogP contribution in [0.25, 0.3) is 0 Å². The number of benzene rings is 2. The number of anilines is 1. The summed E-state index contributed by atoms with van der Waals surface area (Å²) >= 11 is 0. The monoisotopic (exact) mass is 505 g/mol. The molecule has 2 amide bonds. The molecule has 0 radical (unpaired) electrons. The van der Waals surface area contributed by atoms with Crippen LogP contribution >= 0.6 is 0 Å². The van der Waals surface area contributed by atoms with Crippen LogP contribution in [0.1, 0.15) is 36.8 Å².